The molecule has 0 aliphatic carbocycles. The molecule has 3 nitrogen and oxygen atoms in total. The molecule has 0 unspecified atom stereocenters. The Morgan fingerprint density at radius 2 is 1.59 bits per heavy atom. The number of anilines is 1. The summed E-state index contributed by atoms with van der Waals surface area (Å²) in [6.07, 6.45) is 2.57. The molecule has 1 atom stereocenters. The van der Waals surface area contributed by atoms with Gasteiger partial charge in [-0.25, -0.2) is 0 Å². The van der Waals surface area contributed by atoms with Gasteiger partial charge in [-0.3, -0.25) is 14.7 Å². The largest absolute Gasteiger partial charge is 0.298 e. The highest BCUT2D eigenvalue weighted by Gasteiger charge is 2.35. The lowest BCUT2D eigenvalue weighted by Gasteiger charge is -2.37. The summed E-state index contributed by atoms with van der Waals surface area (Å²) in [5.74, 6) is 0.0313. The predicted molar refractivity (Wildman–Crippen MR) is 108 cm³/mol. The van der Waals surface area contributed by atoms with Gasteiger partial charge in [-0.15, -0.1) is 0 Å². The van der Waals surface area contributed by atoms with Gasteiger partial charge in [0.15, 0.2) is 0 Å². The van der Waals surface area contributed by atoms with E-state index in [1.807, 2.05) is 71.6 Å². The number of carbonyl (C=O) groups excluding carboxylic acids is 1. The van der Waals surface area contributed by atoms with Gasteiger partial charge in [0.2, 0.25) is 0 Å². The van der Waals surface area contributed by atoms with Crippen LogP contribution in [0.25, 0.3) is 10.9 Å². The van der Waals surface area contributed by atoms with Crippen molar-refractivity contribution in [3.63, 3.8) is 0 Å². The Morgan fingerprint density at radius 1 is 0.815 bits per heavy atom. The fourth-order valence-electron chi connectivity index (χ4n) is 3.98. The highest BCUT2D eigenvalue weighted by molar-refractivity contribution is 6.12. The zero-order valence-electron chi connectivity index (χ0n) is 14.7. The second-order valence-corrected chi connectivity index (χ2v) is 6.82. The van der Waals surface area contributed by atoms with Gasteiger partial charge in [0.05, 0.1) is 17.2 Å². The normalized spacial score (nSPS) is 16.4. The first-order valence-corrected chi connectivity index (χ1v) is 9.13. The number of benzene rings is 3. The van der Waals surface area contributed by atoms with E-state index in [4.69, 9.17) is 0 Å². The Morgan fingerprint density at radius 3 is 2.48 bits per heavy atom. The smallest absolute Gasteiger partial charge is 0.259 e. The van der Waals surface area contributed by atoms with Crippen molar-refractivity contribution in [3.8, 4) is 0 Å². The fourth-order valence-corrected chi connectivity index (χ4v) is 3.98. The molecule has 3 aromatic carbocycles. The van der Waals surface area contributed by atoms with Crippen molar-refractivity contribution in [1.82, 2.24) is 4.98 Å². The molecular weight excluding hydrogens is 332 g/mol. The van der Waals surface area contributed by atoms with Crippen LogP contribution in [-0.2, 0) is 6.42 Å². The second-order valence-electron chi connectivity index (χ2n) is 6.82. The molecule has 0 spiro atoms. The minimum atomic E-state index is -0.0544. The van der Waals surface area contributed by atoms with Crippen LogP contribution in [0.3, 0.4) is 0 Å². The molecule has 4 aromatic rings. The maximum atomic E-state index is 13.5. The first-order chi connectivity index (χ1) is 13.3. The van der Waals surface area contributed by atoms with Gasteiger partial charge in [0.1, 0.15) is 0 Å². The van der Waals surface area contributed by atoms with Crippen LogP contribution in [0.2, 0.25) is 0 Å². The van der Waals surface area contributed by atoms with Crippen LogP contribution in [0.4, 0.5) is 5.69 Å². The molecule has 3 heteroatoms. The molecule has 27 heavy (non-hydrogen) atoms. The highest BCUT2D eigenvalue weighted by Crippen LogP contribution is 2.39. The van der Waals surface area contributed by atoms with Crippen LogP contribution in [0, 0.1) is 0 Å². The SMILES string of the molecule is O=C1c2ccccc2C[C@@H](c2ccccc2)N1c1cccc2cccnc12. The van der Waals surface area contributed by atoms with Crippen LogP contribution in [-0.4, -0.2) is 10.9 Å². The lowest BCUT2D eigenvalue weighted by atomic mass is 9.88. The lowest BCUT2D eigenvalue weighted by Crippen LogP contribution is -2.40. The number of rotatable bonds is 2. The van der Waals surface area contributed by atoms with E-state index in [-0.39, 0.29) is 11.9 Å². The van der Waals surface area contributed by atoms with Crippen LogP contribution < -0.4 is 4.90 Å². The minimum absolute atomic E-state index is 0.0313. The number of fused-ring (bicyclic) bond motifs is 2. The van der Waals surface area contributed by atoms with Crippen LogP contribution in [0.1, 0.15) is 27.5 Å². The Hall–Kier alpha value is -3.46. The van der Waals surface area contributed by atoms with E-state index in [0.717, 1.165) is 39.7 Å². The number of carbonyl (C=O) groups is 1. The van der Waals surface area contributed by atoms with Gasteiger partial charge in [-0.1, -0.05) is 66.7 Å². The highest BCUT2D eigenvalue weighted by atomic mass is 16.2. The van der Waals surface area contributed by atoms with E-state index in [9.17, 15) is 4.79 Å². The standard InChI is InChI=1S/C24H18N2O/c27-24-20-13-5-4-10-19(20)16-22(17-8-2-1-3-9-17)26(24)21-14-6-11-18-12-7-15-25-23(18)21/h1-15,22H,16H2/t22-/m0/s1. The molecule has 0 fully saturated rings. The van der Waals surface area contributed by atoms with E-state index >= 15 is 0 Å². The summed E-state index contributed by atoms with van der Waals surface area (Å²) in [6, 6.07) is 28.1. The summed E-state index contributed by atoms with van der Waals surface area (Å²) in [5, 5.41) is 1.04. The summed E-state index contributed by atoms with van der Waals surface area (Å²) in [6.45, 7) is 0. The van der Waals surface area contributed by atoms with Crippen molar-refractivity contribution in [3.05, 3.63) is 108 Å². The average Bonchev–Trinajstić information content (AvgIpc) is 2.74. The lowest BCUT2D eigenvalue weighted by molar-refractivity contribution is 0.0967. The number of pyridine rings is 1. The average molecular weight is 350 g/mol. The molecule has 5 rings (SSSR count). The number of amides is 1. The minimum Gasteiger partial charge on any atom is -0.298 e. The molecule has 1 aliphatic rings. The Balaban J connectivity index is 1.75. The monoisotopic (exact) mass is 350 g/mol. The molecule has 0 N–H and O–H groups in total. The Labute approximate surface area is 157 Å². The number of aromatic nitrogens is 1. The van der Waals surface area contributed by atoms with Crippen molar-refractivity contribution >= 4 is 22.5 Å². The van der Waals surface area contributed by atoms with E-state index in [1.54, 1.807) is 6.20 Å². The molecule has 0 bridgehead atoms. The van der Waals surface area contributed by atoms with E-state index < -0.39 is 0 Å². The van der Waals surface area contributed by atoms with Gasteiger partial charge in [0, 0.05) is 17.1 Å². The third-order valence-corrected chi connectivity index (χ3v) is 5.25. The molecule has 1 amide bonds. The summed E-state index contributed by atoms with van der Waals surface area (Å²) in [4.78, 5) is 20.0. The third kappa shape index (κ3) is 2.59. The van der Waals surface area contributed by atoms with Crippen LogP contribution >= 0.6 is 0 Å². The number of hydrogen-bond acceptors (Lipinski definition) is 2. The molecular formula is C24H18N2O. The quantitative estimate of drug-likeness (QED) is 0.499. The summed E-state index contributed by atoms with van der Waals surface area (Å²) >= 11 is 0. The Bertz CT molecular complexity index is 1130. The third-order valence-electron chi connectivity index (χ3n) is 5.25. The maximum absolute atomic E-state index is 13.5. The Kier molecular flexibility index (Phi) is 3.72. The molecule has 1 aliphatic heterocycles. The van der Waals surface area contributed by atoms with Gasteiger partial charge in [-0.05, 0) is 35.7 Å². The second kappa shape index (κ2) is 6.36. The van der Waals surface area contributed by atoms with E-state index in [2.05, 4.69) is 23.2 Å². The van der Waals surface area contributed by atoms with Crippen molar-refractivity contribution in [2.75, 3.05) is 4.90 Å². The molecule has 0 radical (unpaired) electrons. The topological polar surface area (TPSA) is 33.2 Å². The first kappa shape index (κ1) is 15.8. The van der Waals surface area contributed by atoms with Gasteiger partial charge < -0.3 is 0 Å². The number of para-hydroxylation sites is 1. The molecule has 130 valence electrons. The number of hydrogen-bond donors (Lipinski definition) is 0. The van der Waals surface area contributed by atoms with Gasteiger partial charge >= 0.3 is 0 Å². The van der Waals surface area contributed by atoms with E-state index in [0.29, 0.717) is 0 Å². The summed E-state index contributed by atoms with van der Waals surface area (Å²) in [7, 11) is 0. The number of nitrogens with zero attached hydrogens (tertiary/aromatic N) is 2. The molecule has 2 heterocycles. The molecule has 0 saturated heterocycles. The van der Waals surface area contributed by atoms with Crippen LogP contribution in [0.5, 0.6) is 0 Å². The molecule has 1 aromatic heterocycles. The van der Waals surface area contributed by atoms with Gasteiger partial charge in [0.25, 0.3) is 5.91 Å². The summed E-state index contributed by atoms with van der Waals surface area (Å²) < 4.78 is 0. The zero-order chi connectivity index (χ0) is 18.2. The van der Waals surface area contributed by atoms with Crippen LogP contribution in [0.15, 0.2) is 91.1 Å². The van der Waals surface area contributed by atoms with Crippen molar-refractivity contribution < 1.29 is 4.79 Å². The fraction of sp³-hybridized carbons (Fsp3) is 0.0833. The maximum Gasteiger partial charge on any atom is 0.259 e. The molecule has 0 saturated carbocycles. The first-order valence-electron chi connectivity index (χ1n) is 9.13. The van der Waals surface area contributed by atoms with Crippen molar-refractivity contribution in [1.29, 1.82) is 0 Å². The summed E-state index contributed by atoms with van der Waals surface area (Å²) in [5.41, 5.74) is 4.72. The van der Waals surface area contributed by atoms with Crippen molar-refractivity contribution in [2.45, 2.75) is 12.5 Å². The predicted octanol–water partition coefficient (Wildman–Crippen LogP) is 5.18. The van der Waals surface area contributed by atoms with Gasteiger partial charge in [-0.2, -0.15) is 0 Å². The van der Waals surface area contributed by atoms with Crippen molar-refractivity contribution in [2.24, 2.45) is 0 Å². The zero-order valence-corrected chi connectivity index (χ0v) is 14.7. The van der Waals surface area contributed by atoms with E-state index in [1.165, 1.54) is 0 Å².